The lowest BCUT2D eigenvalue weighted by atomic mass is 9.86. The van der Waals surface area contributed by atoms with Crippen molar-refractivity contribution in [2.24, 2.45) is 0 Å². The molecule has 1 N–H and O–H groups in total. The molecule has 0 amide bonds. The number of H-pyrrole nitrogens is 1. The molecule has 0 aromatic carbocycles. The summed E-state index contributed by atoms with van der Waals surface area (Å²) in [5, 5.41) is 0. The summed E-state index contributed by atoms with van der Waals surface area (Å²) in [5.74, 6) is -1.10. The number of aromatic amines is 1. The first-order valence-corrected chi connectivity index (χ1v) is 11.6. The van der Waals surface area contributed by atoms with E-state index in [1.165, 1.54) is 13.2 Å². The van der Waals surface area contributed by atoms with Crippen molar-refractivity contribution in [3.63, 3.8) is 0 Å². The Morgan fingerprint density at radius 3 is 2.53 bits per heavy atom. The summed E-state index contributed by atoms with van der Waals surface area (Å²) in [6.07, 6.45) is 1.08. The van der Waals surface area contributed by atoms with Crippen molar-refractivity contribution in [1.82, 2.24) is 15.0 Å². The van der Waals surface area contributed by atoms with E-state index in [1.54, 1.807) is 0 Å². The monoisotopic (exact) mass is 547 g/mol. The molecule has 1 unspecified atom stereocenters. The topological polar surface area (TPSA) is 60.0 Å². The normalized spacial score (nSPS) is 21.1. The first-order chi connectivity index (χ1) is 16.1. The Bertz CT molecular complexity index is 1070. The highest BCUT2D eigenvalue weighted by atomic mass is 79.9. The molecule has 1 saturated carbocycles. The number of hydrogen-bond donors (Lipinski definition) is 1. The number of ether oxygens (including phenoxy) is 2. The highest BCUT2D eigenvalue weighted by molar-refractivity contribution is 9.10. The summed E-state index contributed by atoms with van der Waals surface area (Å²) in [6, 6.07) is 2.24. The molecule has 0 saturated heterocycles. The second kappa shape index (κ2) is 9.67. The summed E-state index contributed by atoms with van der Waals surface area (Å²) in [5.41, 5.74) is 0.354. The summed E-state index contributed by atoms with van der Waals surface area (Å²) in [6.45, 7) is -0.0143. The second-order valence-corrected chi connectivity index (χ2v) is 9.18. The molecule has 5 nitrogen and oxygen atoms in total. The molecule has 11 heteroatoms. The Morgan fingerprint density at radius 2 is 1.91 bits per heavy atom. The number of halogens is 6. The zero-order chi connectivity index (χ0) is 24.5. The molecular weight excluding hydrogens is 525 g/mol. The van der Waals surface area contributed by atoms with E-state index in [4.69, 9.17) is 9.47 Å². The minimum atomic E-state index is -4.44. The summed E-state index contributed by atoms with van der Waals surface area (Å²) < 4.78 is 76.9. The molecular formula is C23H23BrF5N3O2. The average molecular weight is 548 g/mol. The Morgan fingerprint density at radius 1 is 1.18 bits per heavy atom. The predicted molar refractivity (Wildman–Crippen MR) is 117 cm³/mol. The molecule has 34 heavy (non-hydrogen) atoms. The number of nitrogens with zero attached hydrogens (tertiary/aromatic N) is 2. The summed E-state index contributed by atoms with van der Waals surface area (Å²) in [7, 11) is 1.50. The minimum Gasteiger partial charge on any atom is -0.493 e. The van der Waals surface area contributed by atoms with Gasteiger partial charge < -0.3 is 14.5 Å². The van der Waals surface area contributed by atoms with Gasteiger partial charge in [0.1, 0.15) is 17.0 Å². The fourth-order valence-electron chi connectivity index (χ4n) is 4.13. The average Bonchev–Trinajstić information content (AvgIpc) is 3.18. The van der Waals surface area contributed by atoms with Gasteiger partial charge in [-0.05, 0) is 59.5 Å². The van der Waals surface area contributed by atoms with Gasteiger partial charge in [-0.25, -0.2) is 13.8 Å². The maximum Gasteiger partial charge on any atom is 0.417 e. The number of pyridine rings is 1. The lowest BCUT2D eigenvalue weighted by Crippen LogP contribution is -2.24. The van der Waals surface area contributed by atoms with Crippen LogP contribution in [0.1, 0.15) is 66.7 Å². The number of methoxy groups -OCH3 is 1. The van der Waals surface area contributed by atoms with Crippen LogP contribution < -0.4 is 0 Å². The Hall–Kier alpha value is -2.43. The zero-order valence-electron chi connectivity index (χ0n) is 18.3. The molecule has 0 radical (unpaired) electrons. The third-order valence-electron chi connectivity index (χ3n) is 6.08. The van der Waals surface area contributed by atoms with Crippen LogP contribution in [0.15, 0.2) is 46.6 Å². The van der Waals surface area contributed by atoms with Gasteiger partial charge in [0, 0.05) is 30.9 Å². The zero-order valence-corrected chi connectivity index (χ0v) is 19.8. The maximum absolute atomic E-state index is 13.5. The second-order valence-electron chi connectivity index (χ2n) is 8.43. The van der Waals surface area contributed by atoms with Crippen molar-refractivity contribution in [3.05, 3.63) is 69.4 Å². The van der Waals surface area contributed by atoms with E-state index in [1.807, 2.05) is 12.2 Å². The van der Waals surface area contributed by atoms with Crippen LogP contribution in [0.4, 0.5) is 22.0 Å². The molecule has 2 aromatic heterocycles. The van der Waals surface area contributed by atoms with Crippen LogP contribution in [0.5, 0.6) is 0 Å². The predicted octanol–water partition coefficient (Wildman–Crippen LogP) is 7.00. The van der Waals surface area contributed by atoms with Gasteiger partial charge in [0.05, 0.1) is 24.1 Å². The number of hydrogen-bond acceptors (Lipinski definition) is 4. The fourth-order valence-corrected chi connectivity index (χ4v) is 4.72. The first-order valence-electron chi connectivity index (χ1n) is 10.8. The Balaban J connectivity index is 1.41. The number of alkyl halides is 5. The molecule has 0 aliphatic heterocycles. The van der Waals surface area contributed by atoms with Crippen LogP contribution in [-0.4, -0.2) is 28.0 Å². The number of imidazole rings is 1. The van der Waals surface area contributed by atoms with Crippen molar-refractivity contribution >= 4 is 15.9 Å². The van der Waals surface area contributed by atoms with Crippen LogP contribution in [0, 0.1) is 0 Å². The molecule has 2 aliphatic rings. The highest BCUT2D eigenvalue weighted by Gasteiger charge is 2.37. The van der Waals surface area contributed by atoms with E-state index in [-0.39, 0.29) is 31.3 Å². The molecule has 2 heterocycles. The quantitative estimate of drug-likeness (QED) is 0.395. The third-order valence-corrected chi connectivity index (χ3v) is 6.68. The number of aromatic nitrogens is 3. The van der Waals surface area contributed by atoms with Crippen LogP contribution in [0.2, 0.25) is 0 Å². The molecule has 2 aliphatic carbocycles. The molecule has 0 bridgehead atoms. The molecule has 0 spiro atoms. The van der Waals surface area contributed by atoms with Gasteiger partial charge in [0.15, 0.2) is 11.5 Å². The molecule has 2 aromatic rings. The summed E-state index contributed by atoms with van der Waals surface area (Å²) in [4.78, 5) is 11.7. The molecule has 4 rings (SSSR count). The lowest BCUT2D eigenvalue weighted by molar-refractivity contribution is -0.137. The molecule has 1 atom stereocenters. The first kappa shape index (κ1) is 24.7. The van der Waals surface area contributed by atoms with Crippen molar-refractivity contribution in [1.29, 1.82) is 0 Å². The largest absolute Gasteiger partial charge is 0.493 e. The Labute approximate surface area is 201 Å². The van der Waals surface area contributed by atoms with E-state index in [9.17, 15) is 22.0 Å². The van der Waals surface area contributed by atoms with E-state index in [0.29, 0.717) is 46.9 Å². The van der Waals surface area contributed by atoms with E-state index >= 15 is 0 Å². The van der Waals surface area contributed by atoms with E-state index < -0.39 is 17.7 Å². The van der Waals surface area contributed by atoms with Gasteiger partial charge in [-0.1, -0.05) is 0 Å². The smallest absolute Gasteiger partial charge is 0.417 e. The van der Waals surface area contributed by atoms with Gasteiger partial charge in [0.2, 0.25) is 5.92 Å². The van der Waals surface area contributed by atoms with Crippen molar-refractivity contribution in [2.75, 3.05) is 7.11 Å². The van der Waals surface area contributed by atoms with Crippen LogP contribution in [0.3, 0.4) is 0 Å². The van der Waals surface area contributed by atoms with Crippen molar-refractivity contribution in [3.8, 4) is 0 Å². The minimum absolute atomic E-state index is 0.0143. The standard InChI is InChI=1S/C23H23BrF5N3O2/c1-33-18-10-14(19-20(24)32-21(31-19)13-6-8-22(25,26)9-7-13)2-5-17(18)34-12-16-4-3-15(11-30-16)23(27,28)29/h3-5,10-11,13-14H,2,6-9,12H2,1H3,(H,31,32). The maximum atomic E-state index is 13.5. The lowest BCUT2D eigenvalue weighted by Gasteiger charge is -2.27. The van der Waals surface area contributed by atoms with E-state index in [0.717, 1.165) is 18.0 Å². The van der Waals surface area contributed by atoms with Crippen LogP contribution in [-0.2, 0) is 22.3 Å². The van der Waals surface area contributed by atoms with Gasteiger partial charge in [-0.3, -0.25) is 4.98 Å². The number of allylic oxidation sites excluding steroid dienone is 2. The molecule has 1 fully saturated rings. The fraction of sp³-hybridized carbons (Fsp3) is 0.478. The number of nitrogens with one attached hydrogen (secondary N) is 1. The van der Waals surface area contributed by atoms with Gasteiger partial charge in [-0.15, -0.1) is 0 Å². The van der Waals surface area contributed by atoms with Gasteiger partial charge in [0.25, 0.3) is 0 Å². The van der Waals surface area contributed by atoms with E-state index in [2.05, 4.69) is 30.9 Å². The van der Waals surface area contributed by atoms with Crippen molar-refractivity contribution in [2.45, 2.75) is 62.6 Å². The van der Waals surface area contributed by atoms with Crippen LogP contribution in [0.25, 0.3) is 0 Å². The highest BCUT2D eigenvalue weighted by Crippen LogP contribution is 2.42. The SMILES string of the molecule is COC1=CC(c2[nH]c(C3CCC(F)(F)CC3)nc2Br)CC=C1OCc1ccc(C(F)(F)F)cn1. The van der Waals surface area contributed by atoms with Gasteiger partial charge >= 0.3 is 6.18 Å². The van der Waals surface area contributed by atoms with Crippen molar-refractivity contribution < 1.29 is 31.4 Å². The third kappa shape index (κ3) is 5.61. The van der Waals surface area contributed by atoms with Gasteiger partial charge in [-0.2, -0.15) is 13.2 Å². The van der Waals surface area contributed by atoms with Crippen LogP contribution >= 0.6 is 15.9 Å². The Kier molecular flexibility index (Phi) is 7.02. The molecule has 184 valence electrons. The summed E-state index contributed by atoms with van der Waals surface area (Å²) >= 11 is 3.48. The number of rotatable bonds is 6.